The van der Waals surface area contributed by atoms with Crippen molar-refractivity contribution >= 4 is 50.7 Å². The molecule has 3 aromatic rings. The summed E-state index contributed by atoms with van der Waals surface area (Å²) in [4.78, 5) is 28.8. The van der Waals surface area contributed by atoms with E-state index in [1.54, 1.807) is 30.3 Å². The van der Waals surface area contributed by atoms with Crippen molar-refractivity contribution in [3.63, 3.8) is 0 Å². The molecule has 194 valence electrons. The van der Waals surface area contributed by atoms with Crippen LogP contribution in [0, 0.1) is 6.92 Å². The van der Waals surface area contributed by atoms with Gasteiger partial charge in [0.05, 0.1) is 17.1 Å². The van der Waals surface area contributed by atoms with Crippen molar-refractivity contribution in [3.05, 3.63) is 100.0 Å². The van der Waals surface area contributed by atoms with Gasteiger partial charge < -0.3 is 10.1 Å². The first-order chi connectivity index (χ1) is 18.2. The fourth-order valence-electron chi connectivity index (χ4n) is 3.88. The van der Waals surface area contributed by atoms with Gasteiger partial charge in [0.15, 0.2) is 5.17 Å². The Kier molecular flexibility index (Phi) is 7.32. The summed E-state index contributed by atoms with van der Waals surface area (Å²) in [6.45, 7) is 2.40. The Labute approximate surface area is 224 Å². The maximum atomic E-state index is 12.5. The fourth-order valence-corrected chi connectivity index (χ4v) is 5.81. The molecule has 2 N–H and O–H groups in total. The van der Waals surface area contributed by atoms with Crippen LogP contribution in [0.25, 0.3) is 6.08 Å². The minimum atomic E-state index is -3.78. The standard InChI is InChI=1S/C27H24N4O5S2/c1-18-3-2-4-21(13-18)17-36-23-11-7-19(8-12-23)14-24-26(33)29-27(37-24)28-22-9-5-20(6-10-22)15-31-16-25(32)30-38(31,34)35/h2-14H,15-17H2,1H3,(H,30,32)(H,28,29,33)/b24-14+. The van der Waals surface area contributed by atoms with E-state index in [1.807, 2.05) is 54.1 Å². The number of nitrogens with one attached hydrogen (secondary N) is 2. The summed E-state index contributed by atoms with van der Waals surface area (Å²) in [5, 5.41) is 3.21. The molecule has 11 heteroatoms. The van der Waals surface area contributed by atoms with Gasteiger partial charge in [-0.2, -0.15) is 12.7 Å². The quantitative estimate of drug-likeness (QED) is 0.436. The van der Waals surface area contributed by atoms with E-state index in [4.69, 9.17) is 4.74 Å². The molecule has 0 spiro atoms. The monoisotopic (exact) mass is 548 g/mol. The van der Waals surface area contributed by atoms with Crippen molar-refractivity contribution < 1.29 is 22.7 Å². The lowest BCUT2D eigenvalue weighted by Crippen LogP contribution is -2.29. The van der Waals surface area contributed by atoms with Crippen LogP contribution >= 0.6 is 11.8 Å². The molecular formula is C27H24N4O5S2. The number of amides is 2. The van der Waals surface area contributed by atoms with E-state index in [1.165, 1.54) is 17.3 Å². The molecule has 2 amide bonds. The number of amidine groups is 1. The zero-order valence-corrected chi connectivity index (χ0v) is 22.0. The number of aliphatic imine (C=N–C) groups is 1. The number of aryl methyl sites for hydroxylation is 1. The van der Waals surface area contributed by atoms with Crippen LogP contribution in [0.5, 0.6) is 5.75 Å². The molecule has 0 unspecified atom stereocenters. The number of hydrogen-bond donors (Lipinski definition) is 2. The fraction of sp³-hybridized carbons (Fsp3) is 0.148. The minimum Gasteiger partial charge on any atom is -0.489 e. The second kappa shape index (κ2) is 10.8. The van der Waals surface area contributed by atoms with E-state index >= 15 is 0 Å². The number of carbonyl (C=O) groups excluding carboxylic acids is 2. The molecule has 3 aromatic carbocycles. The number of nitrogens with zero attached hydrogens (tertiary/aromatic N) is 2. The molecule has 0 atom stereocenters. The molecule has 9 nitrogen and oxygen atoms in total. The minimum absolute atomic E-state index is 0.0754. The second-order valence-electron chi connectivity index (χ2n) is 8.79. The lowest BCUT2D eigenvalue weighted by atomic mass is 10.1. The lowest BCUT2D eigenvalue weighted by molar-refractivity contribution is -0.118. The third kappa shape index (κ3) is 6.31. The van der Waals surface area contributed by atoms with Gasteiger partial charge in [0.25, 0.3) is 5.91 Å². The average Bonchev–Trinajstić information content (AvgIpc) is 3.35. The molecule has 0 bridgehead atoms. The van der Waals surface area contributed by atoms with Gasteiger partial charge in [-0.25, -0.2) is 9.71 Å². The van der Waals surface area contributed by atoms with Crippen LogP contribution in [-0.2, 0) is 33.0 Å². The topological polar surface area (TPSA) is 117 Å². The molecule has 38 heavy (non-hydrogen) atoms. The van der Waals surface area contributed by atoms with Crippen LogP contribution in [0.4, 0.5) is 5.69 Å². The van der Waals surface area contributed by atoms with Crippen molar-refractivity contribution in [3.8, 4) is 5.75 Å². The maximum absolute atomic E-state index is 12.5. The van der Waals surface area contributed by atoms with Gasteiger partial charge in [0.2, 0.25) is 5.91 Å². The first kappa shape index (κ1) is 25.7. The molecule has 0 aliphatic carbocycles. The Morgan fingerprint density at radius 2 is 1.79 bits per heavy atom. The molecule has 2 heterocycles. The highest BCUT2D eigenvalue weighted by atomic mass is 32.2. The van der Waals surface area contributed by atoms with E-state index in [2.05, 4.69) is 16.4 Å². The van der Waals surface area contributed by atoms with Crippen molar-refractivity contribution in [1.82, 2.24) is 14.3 Å². The van der Waals surface area contributed by atoms with Gasteiger partial charge in [-0.1, -0.05) is 54.1 Å². The largest absolute Gasteiger partial charge is 0.489 e. The molecule has 2 saturated heterocycles. The molecule has 0 radical (unpaired) electrons. The van der Waals surface area contributed by atoms with Crippen molar-refractivity contribution in [2.24, 2.45) is 4.99 Å². The maximum Gasteiger partial charge on any atom is 0.304 e. The van der Waals surface area contributed by atoms with Crippen molar-refractivity contribution in [1.29, 1.82) is 0 Å². The van der Waals surface area contributed by atoms with E-state index < -0.39 is 16.1 Å². The highest BCUT2D eigenvalue weighted by Crippen LogP contribution is 2.29. The van der Waals surface area contributed by atoms with Gasteiger partial charge in [0, 0.05) is 6.54 Å². The molecule has 2 aliphatic heterocycles. The normalized spacial score (nSPS) is 19.1. The van der Waals surface area contributed by atoms with E-state index in [0.29, 0.717) is 27.9 Å². The molecule has 5 rings (SSSR count). The van der Waals surface area contributed by atoms with Crippen LogP contribution < -0.4 is 14.8 Å². The van der Waals surface area contributed by atoms with Crippen LogP contribution in [-0.4, -0.2) is 36.2 Å². The third-order valence-electron chi connectivity index (χ3n) is 5.75. The first-order valence-corrected chi connectivity index (χ1v) is 14.0. The summed E-state index contributed by atoms with van der Waals surface area (Å²) in [5.74, 6) is -0.0390. The highest BCUT2D eigenvalue weighted by molar-refractivity contribution is 8.18. The van der Waals surface area contributed by atoms with Crippen molar-refractivity contribution in [2.75, 3.05) is 6.54 Å². The summed E-state index contributed by atoms with van der Waals surface area (Å²) >= 11 is 1.24. The average molecular weight is 549 g/mol. The summed E-state index contributed by atoms with van der Waals surface area (Å²) in [6.07, 6.45) is 1.79. The Hall–Kier alpha value is -3.93. The van der Waals surface area contributed by atoms with E-state index in [9.17, 15) is 18.0 Å². The van der Waals surface area contributed by atoms with Crippen molar-refractivity contribution in [2.45, 2.75) is 20.1 Å². The summed E-state index contributed by atoms with van der Waals surface area (Å²) in [5.41, 5.74) is 4.47. The molecule has 2 fully saturated rings. The van der Waals surface area contributed by atoms with Crippen LogP contribution in [0.15, 0.2) is 82.7 Å². The molecule has 2 aliphatic rings. The van der Waals surface area contributed by atoms with Gasteiger partial charge in [-0.05, 0) is 65.7 Å². The molecule has 0 saturated carbocycles. The van der Waals surface area contributed by atoms with Crippen LogP contribution in [0.3, 0.4) is 0 Å². The van der Waals surface area contributed by atoms with Gasteiger partial charge in [-0.15, -0.1) is 0 Å². The highest BCUT2D eigenvalue weighted by Gasteiger charge is 2.33. The predicted octanol–water partition coefficient (Wildman–Crippen LogP) is 3.64. The predicted molar refractivity (Wildman–Crippen MR) is 147 cm³/mol. The number of thioether (sulfide) groups is 1. The number of carbonyl (C=O) groups is 2. The van der Waals surface area contributed by atoms with Gasteiger partial charge >= 0.3 is 10.2 Å². The Morgan fingerprint density at radius 1 is 1.03 bits per heavy atom. The second-order valence-corrected chi connectivity index (χ2v) is 11.5. The summed E-state index contributed by atoms with van der Waals surface area (Å²) in [6, 6.07) is 22.6. The number of ether oxygens (including phenoxy) is 1. The zero-order chi connectivity index (χ0) is 26.7. The lowest BCUT2D eigenvalue weighted by Gasteiger charge is -2.12. The van der Waals surface area contributed by atoms with E-state index in [0.717, 1.165) is 21.2 Å². The SMILES string of the molecule is Cc1cccc(COc2ccc(/C=C3/SC(=Nc4ccc(CN5CC(=O)NS5(=O)=O)cc4)NC3=O)cc2)c1. The Bertz CT molecular complexity index is 1550. The summed E-state index contributed by atoms with van der Waals surface area (Å²) < 4.78 is 32.7. The number of hydrogen-bond acceptors (Lipinski definition) is 7. The molecular weight excluding hydrogens is 524 g/mol. The number of benzene rings is 3. The van der Waals surface area contributed by atoms with Crippen LogP contribution in [0.1, 0.15) is 22.3 Å². The smallest absolute Gasteiger partial charge is 0.304 e. The first-order valence-electron chi connectivity index (χ1n) is 11.7. The molecule has 0 aromatic heterocycles. The van der Waals surface area contributed by atoms with Crippen LogP contribution in [0.2, 0.25) is 0 Å². The van der Waals surface area contributed by atoms with E-state index in [-0.39, 0.29) is 19.0 Å². The Morgan fingerprint density at radius 3 is 2.47 bits per heavy atom. The summed E-state index contributed by atoms with van der Waals surface area (Å²) in [7, 11) is -3.78. The third-order valence-corrected chi connectivity index (χ3v) is 8.08. The Balaban J connectivity index is 1.19. The van der Waals surface area contributed by atoms with Gasteiger partial charge in [0.1, 0.15) is 12.4 Å². The van der Waals surface area contributed by atoms with Gasteiger partial charge in [-0.3, -0.25) is 9.59 Å². The number of rotatable bonds is 7. The zero-order valence-electron chi connectivity index (χ0n) is 20.4.